The number of fused-ring (bicyclic) bond motifs is 1. The lowest BCUT2D eigenvalue weighted by molar-refractivity contribution is -0.141. The summed E-state index contributed by atoms with van der Waals surface area (Å²) < 4.78 is 10.8. The molecule has 0 bridgehead atoms. The topological polar surface area (TPSA) is 106 Å². The fourth-order valence-corrected chi connectivity index (χ4v) is 4.64. The maximum atomic E-state index is 12.6. The summed E-state index contributed by atoms with van der Waals surface area (Å²) in [6.07, 6.45) is 0.143. The van der Waals surface area contributed by atoms with E-state index in [9.17, 15) is 19.5 Å². The Morgan fingerprint density at radius 2 is 1.85 bits per heavy atom. The highest BCUT2D eigenvalue weighted by Crippen LogP contribution is 2.29. The second-order valence-corrected chi connectivity index (χ2v) is 8.75. The summed E-state index contributed by atoms with van der Waals surface area (Å²) in [5.41, 5.74) is 2.94. The predicted molar refractivity (Wildman–Crippen MR) is 129 cm³/mol. The third-order valence-corrected chi connectivity index (χ3v) is 6.61. The molecule has 1 heterocycles. The van der Waals surface area contributed by atoms with Gasteiger partial charge in [-0.05, 0) is 43.5 Å². The third kappa shape index (κ3) is 5.96. The van der Waals surface area contributed by atoms with Crippen molar-refractivity contribution in [3.63, 3.8) is 0 Å². The van der Waals surface area contributed by atoms with Crippen molar-refractivity contribution < 1.29 is 23.8 Å². The number of carbonyl (C=O) groups is 2. The molecule has 2 aromatic carbocycles. The molecule has 0 aliphatic rings. The Hall–Kier alpha value is -3.26. The molecule has 0 spiro atoms. The minimum Gasteiger partial charge on any atom is -0.496 e. The van der Waals surface area contributed by atoms with E-state index in [1.807, 2.05) is 56.3 Å². The zero-order valence-corrected chi connectivity index (χ0v) is 19.7. The molecule has 8 heteroatoms. The van der Waals surface area contributed by atoms with Gasteiger partial charge in [0.1, 0.15) is 17.4 Å². The average Bonchev–Trinajstić information content (AvgIpc) is 2.79. The Labute approximate surface area is 196 Å². The number of ether oxygens (including phenoxy) is 1. The minimum atomic E-state index is -1.09. The van der Waals surface area contributed by atoms with Crippen LogP contribution in [0.2, 0.25) is 0 Å². The summed E-state index contributed by atoms with van der Waals surface area (Å²) in [5, 5.41) is 12.8. The van der Waals surface area contributed by atoms with E-state index < -0.39 is 23.5 Å². The smallest absolute Gasteiger partial charge is 0.339 e. The quantitative estimate of drug-likeness (QED) is 0.435. The Bertz CT molecular complexity index is 1200. The minimum absolute atomic E-state index is 0.0145. The van der Waals surface area contributed by atoms with Gasteiger partial charge in [-0.15, -0.1) is 0 Å². The molecule has 0 fully saturated rings. The van der Waals surface area contributed by atoms with E-state index in [2.05, 4.69) is 5.32 Å². The van der Waals surface area contributed by atoms with Crippen LogP contribution < -0.4 is 15.7 Å². The normalized spacial score (nSPS) is 11.8. The number of aliphatic carboxylic acids is 1. The molecule has 33 heavy (non-hydrogen) atoms. The largest absolute Gasteiger partial charge is 0.496 e. The Morgan fingerprint density at radius 3 is 2.52 bits per heavy atom. The van der Waals surface area contributed by atoms with E-state index in [-0.39, 0.29) is 18.6 Å². The molecule has 2 N–H and O–H groups in total. The maximum Gasteiger partial charge on any atom is 0.339 e. The summed E-state index contributed by atoms with van der Waals surface area (Å²) in [7, 11) is 1.55. The van der Waals surface area contributed by atoms with Crippen molar-refractivity contribution in [2.45, 2.75) is 38.5 Å². The van der Waals surface area contributed by atoms with Crippen LogP contribution in [0, 0.1) is 13.8 Å². The zero-order valence-electron chi connectivity index (χ0n) is 18.8. The number of nitrogens with one attached hydrogen (secondary N) is 1. The molecular formula is C25H27NO6S. The molecule has 0 aliphatic carbocycles. The van der Waals surface area contributed by atoms with E-state index in [0.717, 1.165) is 22.1 Å². The summed E-state index contributed by atoms with van der Waals surface area (Å²) >= 11 is 1.44. The summed E-state index contributed by atoms with van der Waals surface area (Å²) in [4.78, 5) is 36.6. The number of benzene rings is 2. The van der Waals surface area contributed by atoms with Crippen LogP contribution in [0.3, 0.4) is 0 Å². The van der Waals surface area contributed by atoms with Gasteiger partial charge >= 0.3 is 11.6 Å². The van der Waals surface area contributed by atoms with Crippen molar-refractivity contribution in [3.8, 4) is 5.75 Å². The first-order valence-electron chi connectivity index (χ1n) is 10.6. The highest BCUT2D eigenvalue weighted by atomic mass is 32.2. The van der Waals surface area contributed by atoms with E-state index in [1.165, 1.54) is 11.8 Å². The van der Waals surface area contributed by atoms with Crippen LogP contribution >= 0.6 is 11.8 Å². The first-order chi connectivity index (χ1) is 15.8. The van der Waals surface area contributed by atoms with Crippen molar-refractivity contribution >= 4 is 34.6 Å². The molecule has 7 nitrogen and oxygen atoms in total. The number of hydrogen-bond acceptors (Lipinski definition) is 6. The average molecular weight is 470 g/mol. The molecule has 0 unspecified atom stereocenters. The fraction of sp³-hybridized carbons (Fsp3) is 0.320. The van der Waals surface area contributed by atoms with Crippen LogP contribution in [0.5, 0.6) is 5.75 Å². The number of carboxylic acid groups (broad SMARTS) is 1. The monoisotopic (exact) mass is 469 g/mol. The van der Waals surface area contributed by atoms with Crippen LogP contribution in [-0.4, -0.2) is 35.9 Å². The van der Waals surface area contributed by atoms with E-state index in [0.29, 0.717) is 22.6 Å². The van der Waals surface area contributed by atoms with Gasteiger partial charge in [0, 0.05) is 34.4 Å². The highest BCUT2D eigenvalue weighted by molar-refractivity contribution is 7.98. The lowest BCUT2D eigenvalue weighted by Gasteiger charge is -2.15. The number of methoxy groups -OCH3 is 1. The van der Waals surface area contributed by atoms with Gasteiger partial charge in [0.05, 0.1) is 7.11 Å². The second-order valence-electron chi connectivity index (χ2n) is 7.72. The van der Waals surface area contributed by atoms with Gasteiger partial charge in [-0.1, -0.05) is 30.3 Å². The van der Waals surface area contributed by atoms with E-state index in [1.54, 1.807) is 7.11 Å². The van der Waals surface area contributed by atoms with Crippen LogP contribution in [0.1, 0.15) is 28.7 Å². The lowest BCUT2D eigenvalue weighted by Crippen LogP contribution is -2.42. The number of thioether (sulfide) groups is 1. The van der Waals surface area contributed by atoms with Crippen molar-refractivity contribution in [2.24, 2.45) is 0 Å². The number of carboxylic acids is 1. The summed E-state index contributed by atoms with van der Waals surface area (Å²) in [6, 6.07) is 12.3. The van der Waals surface area contributed by atoms with Crippen molar-refractivity contribution in [1.29, 1.82) is 0 Å². The van der Waals surface area contributed by atoms with E-state index in [4.69, 9.17) is 9.15 Å². The van der Waals surface area contributed by atoms with Crippen molar-refractivity contribution in [3.05, 3.63) is 75.1 Å². The molecule has 0 saturated carbocycles. The number of carbonyl (C=O) groups excluding carboxylic acids is 1. The fourth-order valence-electron chi connectivity index (χ4n) is 3.63. The van der Waals surface area contributed by atoms with Crippen LogP contribution in [0.4, 0.5) is 0 Å². The Balaban J connectivity index is 1.64. The standard InChI is InChI=1S/C25H27NO6S/c1-15-18-9-11-21(31-3)16(2)23(18)32-25(30)19(15)10-12-22(27)26-20(24(28)29)14-33-13-17-7-5-4-6-8-17/h4-9,11,20H,10,12-14H2,1-3H3,(H,26,27)(H,28,29)/t20-/m1/s1. The molecule has 1 amide bonds. The zero-order chi connectivity index (χ0) is 24.0. The third-order valence-electron chi connectivity index (χ3n) is 5.51. The highest BCUT2D eigenvalue weighted by Gasteiger charge is 2.21. The SMILES string of the molecule is COc1ccc2c(C)c(CCC(=O)N[C@H](CSCc3ccccc3)C(=O)O)c(=O)oc2c1C. The van der Waals surface area contributed by atoms with Gasteiger partial charge in [0.25, 0.3) is 0 Å². The number of hydrogen-bond donors (Lipinski definition) is 2. The maximum absolute atomic E-state index is 12.6. The number of aryl methyl sites for hydroxylation is 2. The van der Waals surface area contributed by atoms with Crippen molar-refractivity contribution in [2.75, 3.05) is 12.9 Å². The van der Waals surface area contributed by atoms with Gasteiger partial charge in [0.15, 0.2) is 0 Å². The van der Waals surface area contributed by atoms with Gasteiger partial charge in [-0.25, -0.2) is 9.59 Å². The Kier molecular flexibility index (Phi) is 8.16. The predicted octanol–water partition coefficient (Wildman–Crippen LogP) is 3.85. The first kappa shape index (κ1) is 24.4. The lowest BCUT2D eigenvalue weighted by atomic mass is 10.00. The molecule has 0 radical (unpaired) electrons. The molecular weight excluding hydrogens is 442 g/mol. The van der Waals surface area contributed by atoms with Crippen LogP contribution in [-0.2, 0) is 21.8 Å². The molecule has 0 saturated heterocycles. The Morgan fingerprint density at radius 1 is 1.12 bits per heavy atom. The second kappa shape index (κ2) is 11.0. The molecule has 1 atom stereocenters. The van der Waals surface area contributed by atoms with Gasteiger partial charge in [-0.3, -0.25) is 4.79 Å². The van der Waals surface area contributed by atoms with Crippen LogP contribution in [0.15, 0.2) is 51.7 Å². The van der Waals surface area contributed by atoms with Gasteiger partial charge in [-0.2, -0.15) is 11.8 Å². The summed E-state index contributed by atoms with van der Waals surface area (Å²) in [5.74, 6) is 0.0141. The number of amides is 1. The molecule has 3 rings (SSSR count). The van der Waals surface area contributed by atoms with Crippen molar-refractivity contribution in [1.82, 2.24) is 5.32 Å². The molecule has 1 aromatic heterocycles. The summed E-state index contributed by atoms with van der Waals surface area (Å²) in [6.45, 7) is 3.64. The molecule has 0 aliphatic heterocycles. The van der Waals surface area contributed by atoms with Gasteiger partial charge in [0.2, 0.25) is 5.91 Å². The molecule has 3 aromatic rings. The molecule has 174 valence electrons. The van der Waals surface area contributed by atoms with Crippen LogP contribution in [0.25, 0.3) is 11.0 Å². The van der Waals surface area contributed by atoms with Gasteiger partial charge < -0.3 is 19.6 Å². The van der Waals surface area contributed by atoms with E-state index >= 15 is 0 Å². The number of rotatable bonds is 10. The first-order valence-corrected chi connectivity index (χ1v) is 11.7.